The number of fused-ring (bicyclic) bond motifs is 1. The van der Waals surface area contributed by atoms with Gasteiger partial charge in [0.25, 0.3) is 0 Å². The summed E-state index contributed by atoms with van der Waals surface area (Å²) in [6, 6.07) is 23.0. The molecule has 0 aliphatic carbocycles. The van der Waals surface area contributed by atoms with E-state index in [1.54, 1.807) is 24.3 Å². The molecule has 29 heavy (non-hydrogen) atoms. The molecule has 0 unspecified atom stereocenters. The van der Waals surface area contributed by atoms with Crippen LogP contribution in [0, 0.1) is 0 Å². The molecule has 0 saturated heterocycles. The van der Waals surface area contributed by atoms with E-state index in [4.69, 9.17) is 9.26 Å². The van der Waals surface area contributed by atoms with Crippen molar-refractivity contribution in [3.63, 3.8) is 0 Å². The number of hydrogen-bond acceptors (Lipinski definition) is 4. The van der Waals surface area contributed by atoms with Crippen molar-refractivity contribution in [1.29, 1.82) is 0 Å². The van der Waals surface area contributed by atoms with Crippen molar-refractivity contribution in [1.82, 2.24) is 5.16 Å². The highest BCUT2D eigenvalue weighted by Gasteiger charge is 2.16. The van der Waals surface area contributed by atoms with Crippen LogP contribution in [0.3, 0.4) is 0 Å². The molecule has 4 nitrogen and oxygen atoms in total. The van der Waals surface area contributed by atoms with Gasteiger partial charge in [-0.15, -0.1) is 0 Å². The molecule has 1 heterocycles. The summed E-state index contributed by atoms with van der Waals surface area (Å²) in [5, 5.41) is 5.11. The summed E-state index contributed by atoms with van der Waals surface area (Å²) in [7, 11) is 0. The Morgan fingerprint density at radius 1 is 0.966 bits per heavy atom. The number of aromatic nitrogens is 1. The van der Waals surface area contributed by atoms with Crippen molar-refractivity contribution in [3.8, 4) is 5.75 Å². The van der Waals surface area contributed by atoms with Gasteiger partial charge in [0.2, 0.25) is 0 Å². The summed E-state index contributed by atoms with van der Waals surface area (Å²) in [5.74, 6) is 0.0404. The van der Waals surface area contributed by atoms with Gasteiger partial charge in [0.05, 0.1) is 11.3 Å². The van der Waals surface area contributed by atoms with Crippen LogP contribution in [0.4, 0.5) is 0 Å². The fraction of sp³-hybridized carbons (Fsp3) is 0.200. The predicted molar refractivity (Wildman–Crippen MR) is 113 cm³/mol. The fourth-order valence-electron chi connectivity index (χ4n) is 3.22. The van der Waals surface area contributed by atoms with Crippen molar-refractivity contribution in [3.05, 3.63) is 95.2 Å². The highest BCUT2D eigenvalue weighted by Crippen LogP contribution is 2.26. The standard InChI is InChI=1S/C25H23NO3/c1-25(2,3)19-11-9-18(10-12-19)24(27)28-20-13-14-21-22(26-29-23(21)16-20)15-17-7-5-4-6-8-17/h4-14,16H,15H2,1-3H3. The number of ether oxygens (including phenoxy) is 1. The summed E-state index contributed by atoms with van der Waals surface area (Å²) in [6.45, 7) is 6.41. The molecule has 4 heteroatoms. The Balaban J connectivity index is 1.51. The summed E-state index contributed by atoms with van der Waals surface area (Å²) < 4.78 is 11.0. The molecule has 0 radical (unpaired) electrons. The molecule has 0 aliphatic heterocycles. The van der Waals surface area contributed by atoms with Crippen LogP contribution < -0.4 is 4.74 Å². The molecule has 0 amide bonds. The Bertz CT molecular complexity index is 1140. The second-order valence-corrected chi connectivity index (χ2v) is 8.17. The zero-order valence-electron chi connectivity index (χ0n) is 16.8. The molecule has 0 atom stereocenters. The quantitative estimate of drug-likeness (QED) is 0.322. The topological polar surface area (TPSA) is 52.3 Å². The van der Waals surface area contributed by atoms with Gasteiger partial charge in [0.15, 0.2) is 5.58 Å². The van der Waals surface area contributed by atoms with E-state index in [-0.39, 0.29) is 5.41 Å². The first-order valence-corrected chi connectivity index (χ1v) is 9.65. The lowest BCUT2D eigenvalue weighted by molar-refractivity contribution is 0.0735. The molecule has 4 aromatic rings. The normalized spacial score (nSPS) is 11.6. The van der Waals surface area contributed by atoms with Gasteiger partial charge in [0.1, 0.15) is 5.75 Å². The number of nitrogens with zero attached hydrogens (tertiary/aromatic N) is 1. The highest BCUT2D eigenvalue weighted by atomic mass is 16.5. The first kappa shape index (κ1) is 18.9. The maximum atomic E-state index is 12.5. The molecule has 0 saturated carbocycles. The minimum Gasteiger partial charge on any atom is -0.423 e. The minimum absolute atomic E-state index is 0.0389. The summed E-state index contributed by atoms with van der Waals surface area (Å²) in [5.41, 5.74) is 4.35. The maximum absolute atomic E-state index is 12.5. The fourth-order valence-corrected chi connectivity index (χ4v) is 3.22. The number of benzene rings is 3. The lowest BCUT2D eigenvalue weighted by Crippen LogP contribution is -2.12. The summed E-state index contributed by atoms with van der Waals surface area (Å²) in [4.78, 5) is 12.5. The van der Waals surface area contributed by atoms with Crippen LogP contribution in [-0.4, -0.2) is 11.1 Å². The van der Waals surface area contributed by atoms with Crippen LogP contribution >= 0.6 is 0 Å². The van der Waals surface area contributed by atoms with Crippen LogP contribution in [0.1, 0.15) is 48.0 Å². The van der Waals surface area contributed by atoms with Crippen LogP contribution in [0.5, 0.6) is 5.75 Å². The third-order valence-electron chi connectivity index (χ3n) is 4.93. The predicted octanol–water partition coefficient (Wildman–Crippen LogP) is 5.94. The zero-order chi connectivity index (χ0) is 20.4. The molecule has 4 rings (SSSR count). The van der Waals surface area contributed by atoms with Gasteiger partial charge < -0.3 is 9.26 Å². The Labute approximate surface area is 170 Å². The van der Waals surface area contributed by atoms with Crippen molar-refractivity contribution < 1.29 is 14.1 Å². The number of hydrogen-bond donors (Lipinski definition) is 0. The average molecular weight is 385 g/mol. The molecule has 0 bridgehead atoms. The van der Waals surface area contributed by atoms with Crippen LogP contribution in [-0.2, 0) is 11.8 Å². The number of carbonyl (C=O) groups is 1. The summed E-state index contributed by atoms with van der Waals surface area (Å²) >= 11 is 0. The zero-order valence-corrected chi connectivity index (χ0v) is 16.8. The Hall–Kier alpha value is -3.40. The van der Waals surface area contributed by atoms with Gasteiger partial charge in [-0.2, -0.15) is 0 Å². The first-order chi connectivity index (χ1) is 13.9. The van der Waals surface area contributed by atoms with E-state index in [0.717, 1.165) is 16.6 Å². The second-order valence-electron chi connectivity index (χ2n) is 8.17. The third kappa shape index (κ3) is 4.21. The van der Waals surface area contributed by atoms with E-state index < -0.39 is 5.97 Å². The lowest BCUT2D eigenvalue weighted by Gasteiger charge is -2.18. The maximum Gasteiger partial charge on any atom is 0.343 e. The van der Waals surface area contributed by atoms with E-state index in [0.29, 0.717) is 23.3 Å². The first-order valence-electron chi connectivity index (χ1n) is 9.65. The van der Waals surface area contributed by atoms with E-state index in [1.165, 1.54) is 5.56 Å². The van der Waals surface area contributed by atoms with Crippen LogP contribution in [0.2, 0.25) is 0 Å². The van der Waals surface area contributed by atoms with Crippen molar-refractivity contribution in [2.75, 3.05) is 0 Å². The van der Waals surface area contributed by atoms with Gasteiger partial charge in [0, 0.05) is 17.9 Å². The molecule has 3 aromatic carbocycles. The van der Waals surface area contributed by atoms with Crippen LogP contribution in [0.15, 0.2) is 77.3 Å². The van der Waals surface area contributed by atoms with E-state index >= 15 is 0 Å². The lowest BCUT2D eigenvalue weighted by atomic mass is 9.87. The number of carbonyl (C=O) groups excluding carboxylic acids is 1. The van der Waals surface area contributed by atoms with Crippen molar-refractivity contribution in [2.24, 2.45) is 0 Å². The van der Waals surface area contributed by atoms with Crippen LogP contribution in [0.25, 0.3) is 11.0 Å². The third-order valence-corrected chi connectivity index (χ3v) is 4.93. The number of rotatable bonds is 4. The minimum atomic E-state index is -0.395. The van der Waals surface area contributed by atoms with E-state index in [1.807, 2.05) is 36.4 Å². The molecule has 0 fully saturated rings. The largest absolute Gasteiger partial charge is 0.423 e. The molecule has 0 spiro atoms. The SMILES string of the molecule is CC(C)(C)c1ccc(C(=O)Oc2ccc3c(Cc4ccccc4)noc3c2)cc1. The Morgan fingerprint density at radius 2 is 1.69 bits per heavy atom. The smallest absolute Gasteiger partial charge is 0.343 e. The average Bonchev–Trinajstić information content (AvgIpc) is 3.10. The molecule has 0 aliphatic rings. The second kappa shape index (κ2) is 7.55. The van der Waals surface area contributed by atoms with Gasteiger partial charge in [-0.25, -0.2) is 4.79 Å². The van der Waals surface area contributed by atoms with Gasteiger partial charge in [-0.1, -0.05) is 68.4 Å². The van der Waals surface area contributed by atoms with Gasteiger partial charge >= 0.3 is 5.97 Å². The number of esters is 1. The van der Waals surface area contributed by atoms with Gasteiger partial charge in [-0.3, -0.25) is 0 Å². The molecule has 146 valence electrons. The molecule has 0 N–H and O–H groups in total. The molecular formula is C25H23NO3. The van der Waals surface area contributed by atoms with Gasteiger partial charge in [-0.05, 0) is 40.8 Å². The Kier molecular flexibility index (Phi) is 4.93. The van der Waals surface area contributed by atoms with Crippen molar-refractivity contribution >= 4 is 16.9 Å². The monoisotopic (exact) mass is 385 g/mol. The molecular weight excluding hydrogens is 362 g/mol. The van der Waals surface area contributed by atoms with E-state index in [9.17, 15) is 4.79 Å². The molecule has 1 aromatic heterocycles. The van der Waals surface area contributed by atoms with E-state index in [2.05, 4.69) is 38.1 Å². The van der Waals surface area contributed by atoms with Crippen molar-refractivity contribution in [2.45, 2.75) is 32.6 Å². The highest BCUT2D eigenvalue weighted by molar-refractivity contribution is 5.91. The Morgan fingerprint density at radius 3 is 2.38 bits per heavy atom. The summed E-state index contributed by atoms with van der Waals surface area (Å²) in [6.07, 6.45) is 0.688.